The summed E-state index contributed by atoms with van der Waals surface area (Å²) in [5, 5.41) is 2.92. The van der Waals surface area contributed by atoms with Gasteiger partial charge in [-0.05, 0) is 105 Å². The number of nitrogens with zero attached hydrogens (tertiary/aromatic N) is 1. The number of nitrogens with one attached hydrogen (secondary N) is 1. The Balaban J connectivity index is 1.91. The average Bonchev–Trinajstić information content (AvgIpc) is 2.81. The number of sulfonamides is 1. The third-order valence-corrected chi connectivity index (χ3v) is 7.64. The average molecular weight is 499 g/mol. The molecule has 6 nitrogen and oxygen atoms in total. The van der Waals surface area contributed by atoms with E-state index in [0.29, 0.717) is 18.0 Å². The van der Waals surface area contributed by atoms with Crippen molar-refractivity contribution in [2.45, 2.75) is 45.6 Å². The molecular weight excluding hydrogens is 467 g/mol. The number of hydrogen-bond donors (Lipinski definition) is 1. The van der Waals surface area contributed by atoms with Crippen molar-refractivity contribution in [3.63, 3.8) is 0 Å². The number of hydrogen-bond acceptors (Lipinski definition) is 4. The fourth-order valence-electron chi connectivity index (χ4n) is 3.87. The Morgan fingerprint density at radius 2 is 1.57 bits per heavy atom. The zero-order valence-electron chi connectivity index (χ0n) is 20.6. The number of carbonyl (C=O) groups excluding carboxylic acids is 1. The largest absolute Gasteiger partial charge is 0.494 e. The monoisotopic (exact) mass is 498 g/mol. The summed E-state index contributed by atoms with van der Waals surface area (Å²) in [5.74, 6) is -0.430. The van der Waals surface area contributed by atoms with Crippen LogP contribution in [0.4, 0.5) is 10.1 Å². The lowest BCUT2D eigenvalue weighted by Crippen LogP contribution is -2.41. The Morgan fingerprint density at radius 1 is 0.971 bits per heavy atom. The van der Waals surface area contributed by atoms with E-state index in [2.05, 4.69) is 11.4 Å². The molecule has 0 heterocycles. The summed E-state index contributed by atoms with van der Waals surface area (Å²) in [6, 6.07) is 14.8. The van der Waals surface area contributed by atoms with Crippen LogP contribution in [-0.2, 0) is 14.8 Å². The zero-order chi connectivity index (χ0) is 25.8. The minimum atomic E-state index is -4.15. The third-order valence-electron chi connectivity index (χ3n) is 5.85. The van der Waals surface area contributed by atoms with Crippen molar-refractivity contribution in [2.24, 2.45) is 0 Å². The second kappa shape index (κ2) is 10.9. The van der Waals surface area contributed by atoms with Gasteiger partial charge in [-0.25, -0.2) is 12.8 Å². The van der Waals surface area contributed by atoms with Gasteiger partial charge in [0.2, 0.25) is 5.91 Å². The Hall–Kier alpha value is -3.39. The summed E-state index contributed by atoms with van der Waals surface area (Å²) in [6.07, 6.45) is 0. The number of ether oxygens (including phenoxy) is 1. The molecule has 0 aliphatic rings. The van der Waals surface area contributed by atoms with E-state index in [9.17, 15) is 17.6 Å². The van der Waals surface area contributed by atoms with Crippen LogP contribution in [0.2, 0.25) is 0 Å². The Bertz CT molecular complexity index is 1290. The Kier molecular flexibility index (Phi) is 8.17. The normalized spacial score (nSPS) is 12.2. The van der Waals surface area contributed by atoms with Gasteiger partial charge in [0.25, 0.3) is 10.0 Å². The quantitative estimate of drug-likeness (QED) is 0.439. The highest BCUT2D eigenvalue weighted by Gasteiger charge is 2.28. The van der Waals surface area contributed by atoms with E-state index in [1.807, 2.05) is 40.7 Å². The highest BCUT2D eigenvalue weighted by molar-refractivity contribution is 7.92. The van der Waals surface area contributed by atoms with Crippen molar-refractivity contribution >= 4 is 21.6 Å². The van der Waals surface area contributed by atoms with Crippen molar-refractivity contribution in [1.82, 2.24) is 5.32 Å². The standard InChI is InChI=1S/C27H31FN2O4S/c1-6-34-24-11-9-23(10-12-24)30(35(32,33)25-13-7-22(28)8-14-25)17-27(31)29-21(5)26-16-19(3)18(2)15-20(26)4/h7-16,21H,6,17H2,1-5H3,(H,29,31)/t21-/m0/s1. The van der Waals surface area contributed by atoms with Gasteiger partial charge < -0.3 is 10.1 Å². The molecule has 0 bridgehead atoms. The van der Waals surface area contributed by atoms with Crippen LogP contribution in [0, 0.1) is 26.6 Å². The van der Waals surface area contributed by atoms with Crippen LogP contribution < -0.4 is 14.4 Å². The van der Waals surface area contributed by atoms with Crippen LogP contribution in [0.5, 0.6) is 5.75 Å². The number of anilines is 1. The molecule has 1 atom stereocenters. The smallest absolute Gasteiger partial charge is 0.264 e. The van der Waals surface area contributed by atoms with E-state index in [4.69, 9.17) is 4.74 Å². The SMILES string of the molecule is CCOc1ccc(N(CC(=O)N[C@@H](C)c2cc(C)c(C)cc2C)S(=O)(=O)c2ccc(F)cc2)cc1. The van der Waals surface area contributed by atoms with Crippen LogP contribution in [0.25, 0.3) is 0 Å². The predicted octanol–water partition coefficient (Wildman–Crippen LogP) is 5.22. The minimum absolute atomic E-state index is 0.112. The lowest BCUT2D eigenvalue weighted by Gasteiger charge is -2.26. The van der Waals surface area contributed by atoms with Gasteiger partial charge in [-0.1, -0.05) is 12.1 Å². The molecule has 0 aromatic heterocycles. The molecule has 0 radical (unpaired) electrons. The van der Waals surface area contributed by atoms with Crippen LogP contribution in [0.1, 0.15) is 42.1 Å². The molecule has 186 valence electrons. The molecule has 0 aliphatic heterocycles. The second-order valence-corrected chi connectivity index (χ2v) is 10.3. The van der Waals surface area contributed by atoms with E-state index in [-0.39, 0.29) is 10.9 Å². The summed E-state index contributed by atoms with van der Waals surface area (Å²) in [6.45, 7) is 9.76. The first-order valence-electron chi connectivity index (χ1n) is 11.4. The minimum Gasteiger partial charge on any atom is -0.494 e. The number of carbonyl (C=O) groups is 1. The molecule has 35 heavy (non-hydrogen) atoms. The van der Waals surface area contributed by atoms with Gasteiger partial charge >= 0.3 is 0 Å². The molecule has 8 heteroatoms. The van der Waals surface area contributed by atoms with E-state index < -0.39 is 28.3 Å². The first kappa shape index (κ1) is 26.2. The highest BCUT2D eigenvalue weighted by Crippen LogP contribution is 2.27. The summed E-state index contributed by atoms with van der Waals surface area (Å²) in [7, 11) is -4.15. The zero-order valence-corrected chi connectivity index (χ0v) is 21.4. The molecule has 0 unspecified atom stereocenters. The van der Waals surface area contributed by atoms with Crippen molar-refractivity contribution in [3.8, 4) is 5.75 Å². The first-order chi connectivity index (χ1) is 16.5. The number of rotatable bonds is 9. The van der Waals surface area contributed by atoms with Gasteiger partial charge in [0.1, 0.15) is 18.1 Å². The van der Waals surface area contributed by atoms with E-state index in [0.717, 1.165) is 38.7 Å². The lowest BCUT2D eigenvalue weighted by atomic mass is 9.96. The Labute approximate surface area is 206 Å². The van der Waals surface area contributed by atoms with Gasteiger partial charge in [-0.15, -0.1) is 0 Å². The van der Waals surface area contributed by atoms with Gasteiger partial charge in [-0.3, -0.25) is 9.10 Å². The van der Waals surface area contributed by atoms with Gasteiger partial charge in [0.05, 0.1) is 23.2 Å². The summed E-state index contributed by atoms with van der Waals surface area (Å²) < 4.78 is 46.8. The molecule has 0 aliphatic carbocycles. The topological polar surface area (TPSA) is 75.7 Å². The molecule has 3 aromatic carbocycles. The van der Waals surface area contributed by atoms with Crippen LogP contribution in [0.3, 0.4) is 0 Å². The van der Waals surface area contributed by atoms with Crippen molar-refractivity contribution in [1.29, 1.82) is 0 Å². The molecular formula is C27H31FN2O4S. The number of benzene rings is 3. The van der Waals surface area contributed by atoms with Crippen LogP contribution in [0.15, 0.2) is 65.6 Å². The summed E-state index contributed by atoms with van der Waals surface area (Å²) in [4.78, 5) is 13.0. The van der Waals surface area contributed by atoms with Gasteiger partial charge in [-0.2, -0.15) is 0 Å². The first-order valence-corrected chi connectivity index (χ1v) is 12.8. The molecule has 0 fully saturated rings. The maximum Gasteiger partial charge on any atom is 0.264 e. The number of amides is 1. The van der Waals surface area contributed by atoms with E-state index in [1.54, 1.807) is 24.3 Å². The Morgan fingerprint density at radius 3 is 2.17 bits per heavy atom. The van der Waals surface area contributed by atoms with E-state index in [1.165, 1.54) is 12.1 Å². The maximum atomic E-state index is 13.5. The predicted molar refractivity (Wildman–Crippen MR) is 136 cm³/mol. The fourth-order valence-corrected chi connectivity index (χ4v) is 5.29. The molecule has 1 N–H and O–H groups in total. The molecule has 0 saturated heterocycles. The molecule has 0 saturated carbocycles. The molecule has 3 aromatic rings. The fraction of sp³-hybridized carbons (Fsp3) is 0.296. The van der Waals surface area contributed by atoms with Crippen molar-refractivity contribution in [3.05, 3.63) is 88.7 Å². The molecule has 1 amide bonds. The van der Waals surface area contributed by atoms with Gasteiger partial charge in [0, 0.05) is 0 Å². The highest BCUT2D eigenvalue weighted by atomic mass is 32.2. The third kappa shape index (κ3) is 6.19. The number of halogens is 1. The lowest BCUT2D eigenvalue weighted by molar-refractivity contribution is -0.120. The maximum absolute atomic E-state index is 13.5. The summed E-state index contributed by atoms with van der Waals surface area (Å²) in [5.41, 5.74) is 4.58. The molecule has 3 rings (SSSR count). The van der Waals surface area contributed by atoms with E-state index >= 15 is 0 Å². The summed E-state index contributed by atoms with van der Waals surface area (Å²) >= 11 is 0. The molecule has 0 spiro atoms. The number of aryl methyl sites for hydroxylation is 3. The van der Waals surface area contributed by atoms with Crippen LogP contribution in [-0.4, -0.2) is 27.5 Å². The van der Waals surface area contributed by atoms with Gasteiger partial charge in [0.15, 0.2) is 0 Å². The second-order valence-electron chi connectivity index (χ2n) is 8.47. The van der Waals surface area contributed by atoms with Crippen molar-refractivity contribution in [2.75, 3.05) is 17.5 Å². The van der Waals surface area contributed by atoms with Crippen LogP contribution >= 0.6 is 0 Å². The van der Waals surface area contributed by atoms with Crippen molar-refractivity contribution < 1.29 is 22.3 Å².